The van der Waals surface area contributed by atoms with Gasteiger partial charge in [0.05, 0.1) is 4.90 Å². The van der Waals surface area contributed by atoms with Crippen molar-refractivity contribution in [3.05, 3.63) is 132 Å². The fourth-order valence-electron chi connectivity index (χ4n) is 4.86. The number of aromatic nitrogens is 1. The van der Waals surface area contributed by atoms with Gasteiger partial charge in [0.15, 0.2) is 0 Å². The summed E-state index contributed by atoms with van der Waals surface area (Å²) in [7, 11) is -3.54. The minimum atomic E-state index is -3.54. The largest absolute Gasteiger partial charge is 0.350 e. The van der Waals surface area contributed by atoms with Crippen LogP contribution in [0.5, 0.6) is 0 Å². The lowest BCUT2D eigenvalue weighted by molar-refractivity contribution is -0.141. The van der Waals surface area contributed by atoms with Gasteiger partial charge in [0.1, 0.15) is 6.04 Å². The van der Waals surface area contributed by atoms with E-state index in [0.717, 1.165) is 35.1 Å². The summed E-state index contributed by atoms with van der Waals surface area (Å²) in [5.41, 5.74) is 3.59. The van der Waals surface area contributed by atoms with Crippen LogP contribution < -0.4 is 10.0 Å². The van der Waals surface area contributed by atoms with Crippen LogP contribution in [0.2, 0.25) is 0 Å². The van der Waals surface area contributed by atoms with E-state index in [9.17, 15) is 18.0 Å². The summed E-state index contributed by atoms with van der Waals surface area (Å²) in [6.07, 6.45) is 6.06. The van der Waals surface area contributed by atoms with Crippen molar-refractivity contribution in [1.82, 2.24) is 19.9 Å². The van der Waals surface area contributed by atoms with Crippen LogP contribution >= 0.6 is 0 Å². The van der Waals surface area contributed by atoms with Gasteiger partial charge in [-0.15, -0.1) is 0 Å². The van der Waals surface area contributed by atoms with Crippen molar-refractivity contribution in [3.8, 4) is 0 Å². The fourth-order valence-corrected chi connectivity index (χ4v) is 6.17. The van der Waals surface area contributed by atoms with Crippen molar-refractivity contribution >= 4 is 21.8 Å². The molecule has 8 nitrogen and oxygen atoms in total. The number of sulfonamides is 1. The van der Waals surface area contributed by atoms with E-state index in [0.29, 0.717) is 19.4 Å². The number of amides is 2. The van der Waals surface area contributed by atoms with Gasteiger partial charge in [-0.1, -0.05) is 78.9 Å². The lowest BCUT2D eigenvalue weighted by atomic mass is 10.0. The molecule has 4 aromatic rings. The third-order valence-electron chi connectivity index (χ3n) is 7.42. The fraction of sp³-hybridized carbons (Fsp3) is 0.265. The highest BCUT2D eigenvalue weighted by atomic mass is 32.2. The quantitative estimate of drug-likeness (QED) is 0.224. The molecule has 1 aliphatic carbocycles. The molecule has 2 amide bonds. The van der Waals surface area contributed by atoms with Crippen LogP contribution in [0.3, 0.4) is 0 Å². The molecular formula is C34H36N4O4S. The number of carbonyl (C=O) groups excluding carboxylic acids is 2. The molecule has 43 heavy (non-hydrogen) atoms. The minimum Gasteiger partial charge on any atom is -0.350 e. The SMILES string of the molecule is O=C(NCc1cccnc1)[C@H](Cc1ccccc1)N(Cc1ccccc1)C(=O)CCc1ccc(S(=O)(=O)NC2CC2)cc1. The monoisotopic (exact) mass is 596 g/mol. The van der Waals surface area contributed by atoms with Crippen LogP contribution in [0, 0.1) is 0 Å². The highest BCUT2D eigenvalue weighted by molar-refractivity contribution is 7.89. The van der Waals surface area contributed by atoms with Crippen LogP contribution in [-0.2, 0) is 45.5 Å². The Morgan fingerprint density at radius 3 is 2.09 bits per heavy atom. The molecular weight excluding hydrogens is 560 g/mol. The second-order valence-corrected chi connectivity index (χ2v) is 12.5. The first-order valence-electron chi connectivity index (χ1n) is 14.5. The van der Waals surface area contributed by atoms with Gasteiger partial charge in [-0.3, -0.25) is 14.6 Å². The van der Waals surface area contributed by atoms with Gasteiger partial charge in [-0.2, -0.15) is 0 Å². The first kappa shape index (κ1) is 30.1. The van der Waals surface area contributed by atoms with Gasteiger partial charge in [0.2, 0.25) is 21.8 Å². The summed E-state index contributed by atoms with van der Waals surface area (Å²) in [4.78, 5) is 33.7. The average molecular weight is 597 g/mol. The standard InChI is InChI=1S/C34H36N4O4S/c39-33(20-15-26-13-18-31(19-14-26)43(41,42)37-30-16-17-30)38(25-28-10-5-2-6-11-28)32(22-27-8-3-1-4-9-27)34(40)36-24-29-12-7-21-35-23-29/h1-14,18-19,21,23,30,32,37H,15-17,20,22,24-25H2,(H,36,40)/t32-/m0/s1. The number of aryl methyl sites for hydroxylation is 1. The molecule has 2 N–H and O–H groups in total. The smallest absolute Gasteiger partial charge is 0.243 e. The van der Waals surface area contributed by atoms with E-state index in [1.807, 2.05) is 72.8 Å². The number of rotatable bonds is 14. The van der Waals surface area contributed by atoms with Crippen molar-refractivity contribution in [1.29, 1.82) is 0 Å². The second kappa shape index (κ2) is 14.2. The molecule has 0 bridgehead atoms. The van der Waals surface area contributed by atoms with Crippen LogP contribution in [-0.4, -0.2) is 42.2 Å². The zero-order chi connectivity index (χ0) is 30.1. The van der Waals surface area contributed by atoms with Crippen LogP contribution in [0.1, 0.15) is 41.5 Å². The number of carbonyl (C=O) groups is 2. The maximum Gasteiger partial charge on any atom is 0.243 e. The second-order valence-electron chi connectivity index (χ2n) is 10.8. The van der Waals surface area contributed by atoms with E-state index in [1.54, 1.807) is 41.6 Å². The molecule has 1 atom stereocenters. The van der Waals surface area contributed by atoms with Crippen molar-refractivity contribution in [2.24, 2.45) is 0 Å². The molecule has 0 spiro atoms. The maximum atomic E-state index is 13.9. The van der Waals surface area contributed by atoms with Gasteiger partial charge in [0, 0.05) is 44.4 Å². The van der Waals surface area contributed by atoms with Crippen molar-refractivity contribution in [2.45, 2.75) is 62.2 Å². The highest BCUT2D eigenvalue weighted by Gasteiger charge is 2.30. The molecule has 1 fully saturated rings. The number of hydrogen-bond donors (Lipinski definition) is 2. The Morgan fingerprint density at radius 1 is 0.814 bits per heavy atom. The molecule has 1 aromatic heterocycles. The zero-order valence-electron chi connectivity index (χ0n) is 23.9. The lowest BCUT2D eigenvalue weighted by Gasteiger charge is -2.31. The van der Waals surface area contributed by atoms with Crippen LogP contribution in [0.4, 0.5) is 0 Å². The van der Waals surface area contributed by atoms with Gasteiger partial charge >= 0.3 is 0 Å². The van der Waals surface area contributed by atoms with Crippen LogP contribution in [0.15, 0.2) is 114 Å². The number of nitrogens with one attached hydrogen (secondary N) is 2. The molecule has 1 aliphatic rings. The van der Waals surface area contributed by atoms with Crippen molar-refractivity contribution < 1.29 is 18.0 Å². The molecule has 3 aromatic carbocycles. The predicted octanol–water partition coefficient (Wildman–Crippen LogP) is 4.41. The van der Waals surface area contributed by atoms with E-state index >= 15 is 0 Å². The molecule has 222 valence electrons. The van der Waals surface area contributed by atoms with Crippen LogP contribution in [0.25, 0.3) is 0 Å². The topological polar surface area (TPSA) is 108 Å². The zero-order valence-corrected chi connectivity index (χ0v) is 24.7. The van der Waals surface area contributed by atoms with E-state index in [1.165, 1.54) is 0 Å². The average Bonchev–Trinajstić information content (AvgIpc) is 3.85. The Morgan fingerprint density at radius 2 is 1.47 bits per heavy atom. The number of benzene rings is 3. The summed E-state index contributed by atoms with van der Waals surface area (Å²) in [5, 5.41) is 3.02. The van der Waals surface area contributed by atoms with Crippen molar-refractivity contribution in [2.75, 3.05) is 0 Å². The van der Waals surface area contributed by atoms with Gasteiger partial charge in [-0.05, 0) is 59.7 Å². The predicted molar refractivity (Wildman–Crippen MR) is 165 cm³/mol. The first-order chi connectivity index (χ1) is 20.9. The maximum absolute atomic E-state index is 13.9. The third-order valence-corrected chi connectivity index (χ3v) is 8.95. The Hall–Kier alpha value is -4.34. The molecule has 0 radical (unpaired) electrons. The van der Waals surface area contributed by atoms with Crippen molar-refractivity contribution in [3.63, 3.8) is 0 Å². The number of nitrogens with zero attached hydrogens (tertiary/aromatic N) is 2. The van der Waals surface area contributed by atoms with E-state index < -0.39 is 16.1 Å². The Balaban J connectivity index is 1.34. The highest BCUT2D eigenvalue weighted by Crippen LogP contribution is 2.23. The molecule has 5 rings (SSSR count). The summed E-state index contributed by atoms with van der Waals surface area (Å²) in [5.74, 6) is -0.400. The first-order valence-corrected chi connectivity index (χ1v) is 16.0. The molecule has 0 aliphatic heterocycles. The summed E-state index contributed by atoms with van der Waals surface area (Å²) in [6, 6.07) is 29.0. The Bertz CT molecular complexity index is 1590. The summed E-state index contributed by atoms with van der Waals surface area (Å²) < 4.78 is 27.8. The summed E-state index contributed by atoms with van der Waals surface area (Å²) >= 11 is 0. The molecule has 1 saturated carbocycles. The summed E-state index contributed by atoms with van der Waals surface area (Å²) in [6.45, 7) is 0.581. The Labute approximate surface area is 253 Å². The molecule has 0 unspecified atom stereocenters. The normalized spacial score (nSPS) is 13.7. The van der Waals surface area contributed by atoms with E-state index in [-0.39, 0.29) is 35.7 Å². The van der Waals surface area contributed by atoms with Gasteiger partial charge in [0.25, 0.3) is 0 Å². The number of pyridine rings is 1. The van der Waals surface area contributed by atoms with E-state index in [4.69, 9.17) is 0 Å². The van der Waals surface area contributed by atoms with E-state index in [2.05, 4.69) is 15.0 Å². The molecule has 0 saturated heterocycles. The minimum absolute atomic E-state index is 0.0308. The lowest BCUT2D eigenvalue weighted by Crippen LogP contribution is -2.50. The van der Waals surface area contributed by atoms with Gasteiger partial charge < -0.3 is 10.2 Å². The number of hydrogen-bond acceptors (Lipinski definition) is 5. The Kier molecular flexibility index (Phi) is 9.96. The third kappa shape index (κ3) is 8.83. The molecule has 9 heteroatoms. The molecule has 1 heterocycles. The van der Waals surface area contributed by atoms with Gasteiger partial charge in [-0.25, -0.2) is 13.1 Å².